The maximum Gasteiger partial charge on any atom is 0.144 e. The third-order valence-electron chi connectivity index (χ3n) is 2.57. The second-order valence-corrected chi connectivity index (χ2v) is 4.43. The molecule has 5 nitrogen and oxygen atoms in total. The molecule has 0 radical (unpaired) electrons. The van der Waals surface area contributed by atoms with Gasteiger partial charge in [0.1, 0.15) is 5.84 Å². The summed E-state index contributed by atoms with van der Waals surface area (Å²) in [5.74, 6) is 0.285. The van der Waals surface area contributed by atoms with Crippen molar-refractivity contribution in [3.63, 3.8) is 0 Å². The molecule has 0 aromatic rings. The summed E-state index contributed by atoms with van der Waals surface area (Å²) in [5.41, 5.74) is 5.33. The van der Waals surface area contributed by atoms with E-state index in [2.05, 4.69) is 5.16 Å². The van der Waals surface area contributed by atoms with E-state index in [1.54, 1.807) is 7.11 Å². The third kappa shape index (κ3) is 6.63. The molecule has 0 unspecified atom stereocenters. The maximum atomic E-state index is 8.59. The van der Waals surface area contributed by atoms with Crippen molar-refractivity contribution in [3.8, 4) is 0 Å². The van der Waals surface area contributed by atoms with E-state index in [1.807, 2.05) is 13.8 Å². The molecule has 0 aliphatic carbocycles. The lowest BCUT2D eigenvalue weighted by Crippen LogP contribution is -2.31. The molecule has 0 saturated heterocycles. The molecule has 0 amide bonds. The highest BCUT2D eigenvalue weighted by atomic mass is 16.5. The number of hydrogen-bond acceptors (Lipinski definition) is 4. The first-order valence-electron chi connectivity index (χ1n) is 5.59. The maximum absolute atomic E-state index is 8.59. The summed E-state index contributed by atoms with van der Waals surface area (Å²) in [7, 11) is 1.66. The van der Waals surface area contributed by atoms with Gasteiger partial charge in [0.15, 0.2) is 0 Å². The van der Waals surface area contributed by atoms with Gasteiger partial charge in [-0.25, -0.2) is 0 Å². The molecule has 0 saturated carbocycles. The summed E-state index contributed by atoms with van der Waals surface area (Å²) in [6.45, 7) is 5.94. The van der Waals surface area contributed by atoms with Crippen LogP contribution in [0.4, 0.5) is 0 Å². The van der Waals surface area contributed by atoms with Crippen molar-refractivity contribution < 1.29 is 14.7 Å². The zero-order chi connectivity index (χ0) is 12.4. The Labute approximate surface area is 97.6 Å². The quantitative estimate of drug-likeness (QED) is 0.208. The van der Waals surface area contributed by atoms with Gasteiger partial charge in [0.2, 0.25) is 0 Å². The first-order valence-corrected chi connectivity index (χ1v) is 5.59. The number of hydrogen-bond donors (Lipinski definition) is 2. The fourth-order valence-corrected chi connectivity index (χ4v) is 1.28. The van der Waals surface area contributed by atoms with Crippen molar-refractivity contribution in [3.05, 3.63) is 0 Å². The lowest BCUT2D eigenvalue weighted by atomic mass is 9.86. The van der Waals surface area contributed by atoms with E-state index < -0.39 is 0 Å². The van der Waals surface area contributed by atoms with Crippen molar-refractivity contribution >= 4 is 5.84 Å². The molecule has 0 spiro atoms. The fourth-order valence-electron chi connectivity index (χ4n) is 1.28. The van der Waals surface area contributed by atoms with Crippen LogP contribution in [0.25, 0.3) is 0 Å². The zero-order valence-corrected chi connectivity index (χ0v) is 10.5. The van der Waals surface area contributed by atoms with Gasteiger partial charge >= 0.3 is 0 Å². The van der Waals surface area contributed by atoms with Crippen LogP contribution in [0.15, 0.2) is 5.16 Å². The van der Waals surface area contributed by atoms with Gasteiger partial charge < -0.3 is 20.4 Å². The van der Waals surface area contributed by atoms with Gasteiger partial charge in [-0.3, -0.25) is 0 Å². The van der Waals surface area contributed by atoms with Crippen LogP contribution in [0.3, 0.4) is 0 Å². The van der Waals surface area contributed by atoms with Gasteiger partial charge in [-0.2, -0.15) is 0 Å². The Hall–Kier alpha value is -0.810. The lowest BCUT2D eigenvalue weighted by molar-refractivity contribution is 0.0680. The number of nitrogens with zero attached hydrogens (tertiary/aromatic N) is 1. The molecule has 0 fully saturated rings. The summed E-state index contributed by atoms with van der Waals surface area (Å²) in [6.07, 6.45) is 2.86. The Balaban J connectivity index is 3.51. The number of ether oxygens (including phenoxy) is 2. The lowest BCUT2D eigenvalue weighted by Gasteiger charge is -2.22. The summed E-state index contributed by atoms with van der Waals surface area (Å²) in [4.78, 5) is 0. The van der Waals surface area contributed by atoms with Gasteiger partial charge in [0, 0.05) is 19.1 Å². The molecule has 0 aliphatic rings. The number of oxime groups is 1. The number of unbranched alkanes of at least 4 members (excludes halogenated alkanes) is 1. The SMILES string of the molecule is COCCOCCCCC(C)(C)C(N)=NO. The monoisotopic (exact) mass is 232 g/mol. The van der Waals surface area contributed by atoms with Gasteiger partial charge in [-0.15, -0.1) is 0 Å². The van der Waals surface area contributed by atoms with E-state index in [4.69, 9.17) is 20.4 Å². The topological polar surface area (TPSA) is 77.1 Å². The number of rotatable bonds is 9. The van der Waals surface area contributed by atoms with Gasteiger partial charge in [-0.1, -0.05) is 25.4 Å². The van der Waals surface area contributed by atoms with E-state index >= 15 is 0 Å². The second kappa shape index (κ2) is 8.35. The van der Waals surface area contributed by atoms with Gasteiger partial charge in [0.25, 0.3) is 0 Å². The number of methoxy groups -OCH3 is 1. The number of nitrogens with two attached hydrogens (primary N) is 1. The van der Waals surface area contributed by atoms with E-state index in [0.29, 0.717) is 13.2 Å². The van der Waals surface area contributed by atoms with Crippen LogP contribution in [0.1, 0.15) is 33.1 Å². The Morgan fingerprint density at radius 1 is 1.25 bits per heavy atom. The first kappa shape index (κ1) is 15.2. The summed E-state index contributed by atoms with van der Waals surface area (Å²) < 4.78 is 10.2. The van der Waals surface area contributed by atoms with Crippen LogP contribution in [-0.2, 0) is 9.47 Å². The highest BCUT2D eigenvalue weighted by Gasteiger charge is 2.22. The molecule has 0 bridgehead atoms. The highest BCUT2D eigenvalue weighted by Crippen LogP contribution is 2.23. The summed E-state index contributed by atoms with van der Waals surface area (Å²) in [6, 6.07) is 0. The second-order valence-electron chi connectivity index (χ2n) is 4.43. The third-order valence-corrected chi connectivity index (χ3v) is 2.57. The molecule has 0 atom stereocenters. The Morgan fingerprint density at radius 2 is 1.94 bits per heavy atom. The molecule has 0 heterocycles. The van der Waals surface area contributed by atoms with Crippen LogP contribution in [0.2, 0.25) is 0 Å². The molecular formula is C11H24N2O3. The molecular weight excluding hydrogens is 208 g/mol. The summed E-state index contributed by atoms with van der Waals surface area (Å²) >= 11 is 0. The smallest absolute Gasteiger partial charge is 0.144 e. The van der Waals surface area contributed by atoms with Crippen LogP contribution in [0.5, 0.6) is 0 Å². The Bertz CT molecular complexity index is 205. The fraction of sp³-hybridized carbons (Fsp3) is 0.909. The van der Waals surface area contributed by atoms with Crippen molar-refractivity contribution in [2.45, 2.75) is 33.1 Å². The minimum atomic E-state index is -0.249. The molecule has 0 aliphatic heterocycles. The van der Waals surface area contributed by atoms with Crippen LogP contribution >= 0.6 is 0 Å². The predicted octanol–water partition coefficient (Wildman–Crippen LogP) is 1.59. The van der Waals surface area contributed by atoms with Gasteiger partial charge in [0.05, 0.1) is 13.2 Å². The standard InChI is InChI=1S/C11H24N2O3/c1-11(2,10(12)13-14)6-4-5-7-16-9-8-15-3/h14H,4-9H2,1-3H3,(H2,12,13). The van der Waals surface area contributed by atoms with Crippen molar-refractivity contribution in [1.29, 1.82) is 0 Å². The molecule has 0 aromatic heterocycles. The molecule has 3 N–H and O–H groups in total. The minimum absolute atomic E-state index is 0.249. The van der Waals surface area contributed by atoms with E-state index in [1.165, 1.54) is 0 Å². The Morgan fingerprint density at radius 3 is 2.50 bits per heavy atom. The molecule has 0 aromatic carbocycles. The average molecular weight is 232 g/mol. The van der Waals surface area contributed by atoms with Crippen LogP contribution in [0, 0.1) is 5.41 Å². The normalized spacial score (nSPS) is 13.1. The number of amidine groups is 1. The molecule has 16 heavy (non-hydrogen) atoms. The summed E-state index contributed by atoms with van der Waals surface area (Å²) in [5, 5.41) is 11.6. The zero-order valence-electron chi connectivity index (χ0n) is 10.5. The minimum Gasteiger partial charge on any atom is -0.409 e. The highest BCUT2D eigenvalue weighted by molar-refractivity contribution is 5.85. The van der Waals surface area contributed by atoms with Gasteiger partial charge in [-0.05, 0) is 12.8 Å². The van der Waals surface area contributed by atoms with E-state index in [9.17, 15) is 0 Å². The average Bonchev–Trinajstić information content (AvgIpc) is 2.26. The molecule has 5 heteroatoms. The molecule has 0 rings (SSSR count). The van der Waals surface area contributed by atoms with E-state index in [-0.39, 0.29) is 11.3 Å². The van der Waals surface area contributed by atoms with Crippen molar-refractivity contribution in [2.24, 2.45) is 16.3 Å². The predicted molar refractivity (Wildman–Crippen MR) is 63.7 cm³/mol. The Kier molecular flexibility index (Phi) is 7.93. The first-order chi connectivity index (χ1) is 7.54. The van der Waals surface area contributed by atoms with Crippen LogP contribution < -0.4 is 5.73 Å². The van der Waals surface area contributed by atoms with Crippen molar-refractivity contribution in [2.75, 3.05) is 26.9 Å². The van der Waals surface area contributed by atoms with Crippen molar-refractivity contribution in [1.82, 2.24) is 0 Å². The van der Waals surface area contributed by atoms with E-state index in [0.717, 1.165) is 25.9 Å². The largest absolute Gasteiger partial charge is 0.409 e. The van der Waals surface area contributed by atoms with Crippen LogP contribution in [-0.4, -0.2) is 38.0 Å². The molecule has 96 valence electrons.